The van der Waals surface area contributed by atoms with E-state index in [1.807, 2.05) is 24.3 Å². The lowest BCUT2D eigenvalue weighted by Crippen LogP contribution is -2.19. The third-order valence-electron chi connectivity index (χ3n) is 2.87. The highest BCUT2D eigenvalue weighted by Gasteiger charge is 2.23. The highest BCUT2D eigenvalue weighted by atomic mass is 35.5. The van der Waals surface area contributed by atoms with Gasteiger partial charge >= 0.3 is 0 Å². The summed E-state index contributed by atoms with van der Waals surface area (Å²) >= 11 is 13.3. The van der Waals surface area contributed by atoms with Gasteiger partial charge in [-0.05, 0) is 47.7 Å². The minimum absolute atomic E-state index is 0.184. The van der Waals surface area contributed by atoms with E-state index in [0.29, 0.717) is 25.8 Å². The van der Waals surface area contributed by atoms with Gasteiger partial charge in [-0.3, -0.25) is 4.79 Å². The van der Waals surface area contributed by atoms with Gasteiger partial charge in [-0.15, -0.1) is 0 Å². The highest BCUT2D eigenvalue weighted by molar-refractivity contribution is 8.18. The van der Waals surface area contributed by atoms with Crippen LogP contribution in [0.15, 0.2) is 58.4 Å². The smallest absolute Gasteiger partial charge is 0.264 e. The number of amides is 1. The Morgan fingerprint density at radius 1 is 1.09 bits per heavy atom. The van der Waals surface area contributed by atoms with Crippen LogP contribution in [0.2, 0.25) is 10.0 Å². The fourth-order valence-corrected chi connectivity index (χ4v) is 3.09. The van der Waals surface area contributed by atoms with Crippen LogP contribution in [0.25, 0.3) is 6.08 Å². The molecule has 0 spiro atoms. The van der Waals surface area contributed by atoms with Crippen molar-refractivity contribution in [2.45, 2.75) is 0 Å². The summed E-state index contributed by atoms with van der Waals surface area (Å²) < 4.78 is 0. The standard InChI is InChI=1S/C16H10Cl2N2OS/c17-11-5-3-4-10(8-11)9-14-15(21)20-16(22-14)19-13-7-2-1-6-12(13)18/h1-9H,(H,19,20,21)/b14-9+. The number of benzene rings is 2. The van der Waals surface area contributed by atoms with Crippen LogP contribution < -0.4 is 5.32 Å². The van der Waals surface area contributed by atoms with Gasteiger partial charge in [0, 0.05) is 5.02 Å². The van der Waals surface area contributed by atoms with Gasteiger partial charge in [0.25, 0.3) is 5.91 Å². The molecule has 1 heterocycles. The van der Waals surface area contributed by atoms with Crippen molar-refractivity contribution in [1.29, 1.82) is 0 Å². The third-order valence-corrected chi connectivity index (χ3v) is 4.34. The monoisotopic (exact) mass is 348 g/mol. The van der Waals surface area contributed by atoms with Crippen molar-refractivity contribution in [1.82, 2.24) is 5.32 Å². The molecule has 1 N–H and O–H groups in total. The first kappa shape index (κ1) is 15.2. The number of thioether (sulfide) groups is 1. The van der Waals surface area contributed by atoms with E-state index in [9.17, 15) is 4.79 Å². The summed E-state index contributed by atoms with van der Waals surface area (Å²) in [7, 11) is 0. The van der Waals surface area contributed by atoms with Crippen molar-refractivity contribution in [3.63, 3.8) is 0 Å². The van der Waals surface area contributed by atoms with Crippen molar-refractivity contribution in [2.75, 3.05) is 0 Å². The predicted octanol–water partition coefficient (Wildman–Crippen LogP) is 4.89. The summed E-state index contributed by atoms with van der Waals surface area (Å²) in [5, 5.41) is 4.40. The lowest BCUT2D eigenvalue weighted by Gasteiger charge is -1.98. The fraction of sp³-hybridized carbons (Fsp3) is 0. The van der Waals surface area contributed by atoms with Crippen molar-refractivity contribution in [2.24, 2.45) is 4.99 Å². The Bertz CT molecular complexity index is 802. The van der Waals surface area contributed by atoms with Gasteiger partial charge in [0.1, 0.15) is 0 Å². The number of carbonyl (C=O) groups is 1. The summed E-state index contributed by atoms with van der Waals surface area (Å²) in [5.41, 5.74) is 1.49. The molecule has 0 unspecified atom stereocenters. The number of carbonyl (C=O) groups excluding carboxylic acids is 1. The van der Waals surface area contributed by atoms with Crippen LogP contribution in [0.1, 0.15) is 5.56 Å². The van der Waals surface area contributed by atoms with E-state index in [1.165, 1.54) is 11.8 Å². The Labute approximate surface area is 142 Å². The van der Waals surface area contributed by atoms with E-state index < -0.39 is 0 Å². The molecule has 0 radical (unpaired) electrons. The molecular weight excluding hydrogens is 339 g/mol. The zero-order chi connectivity index (χ0) is 15.5. The second-order valence-electron chi connectivity index (χ2n) is 4.49. The summed E-state index contributed by atoms with van der Waals surface area (Å²) in [5.74, 6) is -0.184. The van der Waals surface area contributed by atoms with Gasteiger partial charge < -0.3 is 5.32 Å². The normalized spacial score (nSPS) is 18.0. The Balaban J connectivity index is 1.86. The maximum atomic E-state index is 12.0. The quantitative estimate of drug-likeness (QED) is 0.785. The molecule has 1 aliphatic rings. The molecule has 110 valence electrons. The molecule has 0 aromatic heterocycles. The molecular formula is C16H10Cl2N2OS. The van der Waals surface area contributed by atoms with Crippen molar-refractivity contribution >= 4 is 57.8 Å². The first-order valence-electron chi connectivity index (χ1n) is 6.41. The van der Waals surface area contributed by atoms with E-state index in [1.54, 1.807) is 30.3 Å². The topological polar surface area (TPSA) is 41.5 Å². The SMILES string of the molecule is O=C1NC(=Nc2ccccc2Cl)S/C1=C/c1cccc(Cl)c1. The fourth-order valence-electron chi connectivity index (χ4n) is 1.88. The van der Waals surface area contributed by atoms with Gasteiger partial charge in [0.05, 0.1) is 15.6 Å². The molecule has 2 aromatic carbocycles. The number of aliphatic imine (C=N–C) groups is 1. The molecule has 1 fully saturated rings. The van der Waals surface area contributed by atoms with E-state index in [0.717, 1.165) is 5.56 Å². The van der Waals surface area contributed by atoms with Crippen molar-refractivity contribution in [3.05, 3.63) is 69.0 Å². The molecule has 0 atom stereocenters. The van der Waals surface area contributed by atoms with Gasteiger partial charge in [-0.2, -0.15) is 0 Å². The van der Waals surface area contributed by atoms with Crippen LogP contribution in [0.4, 0.5) is 5.69 Å². The number of hydrogen-bond acceptors (Lipinski definition) is 3. The molecule has 3 nitrogen and oxygen atoms in total. The number of nitrogens with zero attached hydrogens (tertiary/aromatic N) is 1. The van der Waals surface area contributed by atoms with Gasteiger partial charge in [0.2, 0.25) is 0 Å². The lowest BCUT2D eigenvalue weighted by molar-refractivity contribution is -0.115. The predicted molar refractivity (Wildman–Crippen MR) is 93.7 cm³/mol. The van der Waals surface area contributed by atoms with Crippen LogP contribution in [0.3, 0.4) is 0 Å². The second kappa shape index (κ2) is 6.57. The first-order chi connectivity index (χ1) is 10.6. The Kier molecular flexibility index (Phi) is 4.52. The molecule has 0 bridgehead atoms. The number of rotatable bonds is 2. The number of hydrogen-bond donors (Lipinski definition) is 1. The molecule has 22 heavy (non-hydrogen) atoms. The number of para-hydroxylation sites is 1. The molecule has 3 rings (SSSR count). The molecule has 6 heteroatoms. The van der Waals surface area contributed by atoms with Crippen LogP contribution >= 0.6 is 35.0 Å². The molecule has 1 aliphatic heterocycles. The van der Waals surface area contributed by atoms with Crippen LogP contribution in [-0.4, -0.2) is 11.1 Å². The summed E-state index contributed by atoms with van der Waals surface area (Å²) in [6, 6.07) is 14.5. The molecule has 1 amide bonds. The van der Waals surface area contributed by atoms with E-state index in [-0.39, 0.29) is 5.91 Å². The van der Waals surface area contributed by atoms with Crippen LogP contribution in [0, 0.1) is 0 Å². The Morgan fingerprint density at radius 3 is 2.68 bits per heavy atom. The number of nitrogens with one attached hydrogen (secondary N) is 1. The number of halogens is 2. The summed E-state index contributed by atoms with van der Waals surface area (Å²) in [4.78, 5) is 16.9. The van der Waals surface area contributed by atoms with Crippen molar-refractivity contribution in [3.8, 4) is 0 Å². The average Bonchev–Trinajstić information content (AvgIpc) is 2.81. The van der Waals surface area contributed by atoms with Gasteiger partial charge in [-0.25, -0.2) is 4.99 Å². The Morgan fingerprint density at radius 2 is 1.91 bits per heavy atom. The van der Waals surface area contributed by atoms with Gasteiger partial charge in [0.15, 0.2) is 5.17 Å². The Hall–Kier alpha value is -1.75. The third kappa shape index (κ3) is 3.53. The summed E-state index contributed by atoms with van der Waals surface area (Å²) in [6.45, 7) is 0. The van der Waals surface area contributed by atoms with Crippen molar-refractivity contribution < 1.29 is 4.79 Å². The molecule has 2 aromatic rings. The summed E-state index contributed by atoms with van der Waals surface area (Å²) in [6.07, 6.45) is 1.78. The van der Waals surface area contributed by atoms with E-state index >= 15 is 0 Å². The maximum absolute atomic E-state index is 12.0. The molecule has 0 aliphatic carbocycles. The highest BCUT2D eigenvalue weighted by Crippen LogP contribution is 2.30. The van der Waals surface area contributed by atoms with Crippen LogP contribution in [-0.2, 0) is 4.79 Å². The average molecular weight is 349 g/mol. The first-order valence-corrected chi connectivity index (χ1v) is 7.99. The minimum atomic E-state index is -0.184. The molecule has 0 saturated carbocycles. The second-order valence-corrected chi connectivity index (χ2v) is 6.36. The van der Waals surface area contributed by atoms with Crippen LogP contribution in [0.5, 0.6) is 0 Å². The van der Waals surface area contributed by atoms with Gasteiger partial charge in [-0.1, -0.05) is 47.5 Å². The van der Waals surface area contributed by atoms with E-state index in [2.05, 4.69) is 10.3 Å². The maximum Gasteiger partial charge on any atom is 0.264 e. The largest absolute Gasteiger partial charge is 0.300 e. The zero-order valence-electron chi connectivity index (χ0n) is 11.2. The zero-order valence-corrected chi connectivity index (χ0v) is 13.5. The molecule has 1 saturated heterocycles. The lowest BCUT2D eigenvalue weighted by atomic mass is 10.2. The number of amidine groups is 1. The minimum Gasteiger partial charge on any atom is -0.300 e. The van der Waals surface area contributed by atoms with E-state index in [4.69, 9.17) is 23.2 Å².